The second-order valence-electron chi connectivity index (χ2n) is 4.46. The lowest BCUT2D eigenvalue weighted by atomic mass is 9.89. The van der Waals surface area contributed by atoms with Crippen LogP contribution in [-0.2, 0) is 9.09 Å². The van der Waals surface area contributed by atoms with Gasteiger partial charge in [-0.2, -0.15) is 39.5 Å². The first kappa shape index (κ1) is 21.5. The summed E-state index contributed by atoms with van der Waals surface area (Å²) in [5.41, 5.74) is -3.77. The van der Waals surface area contributed by atoms with Crippen molar-refractivity contribution in [1.82, 2.24) is 0 Å². The summed E-state index contributed by atoms with van der Waals surface area (Å²) in [5, 5.41) is 0. The molecule has 0 saturated carbocycles. The van der Waals surface area contributed by atoms with Crippen LogP contribution in [0, 0.1) is 0 Å². The Balaban J connectivity index is 5.63. The third kappa shape index (κ3) is 11.1. The molecule has 0 atom stereocenters. The zero-order chi connectivity index (χ0) is 18.0. The minimum Gasteiger partial charge on any atom is -0.303 e. The predicted octanol–water partition coefficient (Wildman–Crippen LogP) is 4.08. The Labute approximate surface area is 117 Å². The highest BCUT2D eigenvalue weighted by atomic mass is 31.2. The van der Waals surface area contributed by atoms with Crippen LogP contribution in [0.25, 0.3) is 0 Å². The van der Waals surface area contributed by atoms with Gasteiger partial charge in [-0.1, -0.05) is 0 Å². The lowest BCUT2D eigenvalue weighted by Gasteiger charge is -2.35. The zero-order valence-corrected chi connectivity index (χ0v) is 11.3. The average molecular weight is 372 g/mol. The van der Waals surface area contributed by atoms with Crippen molar-refractivity contribution < 1.29 is 58.4 Å². The van der Waals surface area contributed by atoms with Crippen LogP contribution in [0.4, 0.5) is 39.5 Å². The topological polar surface area (TPSA) is 66.8 Å². The van der Waals surface area contributed by atoms with E-state index < -0.39 is 57.6 Å². The van der Waals surface area contributed by atoms with Gasteiger partial charge < -0.3 is 9.79 Å². The van der Waals surface area contributed by atoms with Crippen LogP contribution in [0.1, 0.15) is 25.7 Å². The summed E-state index contributed by atoms with van der Waals surface area (Å²) in [7, 11) is -5.91. The molecule has 22 heavy (non-hydrogen) atoms. The van der Waals surface area contributed by atoms with E-state index in [-0.39, 0.29) is 0 Å². The fourth-order valence-corrected chi connectivity index (χ4v) is 2.43. The largest absolute Gasteiger partial charge is 0.470 e. The van der Waals surface area contributed by atoms with E-state index >= 15 is 0 Å². The molecule has 0 heterocycles. The smallest absolute Gasteiger partial charge is 0.303 e. The molecule has 0 saturated heterocycles. The summed E-state index contributed by atoms with van der Waals surface area (Å²) in [6.45, 7) is 0. The van der Waals surface area contributed by atoms with E-state index in [1.54, 1.807) is 0 Å². The SMILES string of the molecule is O=P(O)(O)OC(CCC(F)(F)F)(CC(F)(F)F)CC(F)(F)F. The Morgan fingerprint density at radius 3 is 1.32 bits per heavy atom. The van der Waals surface area contributed by atoms with Gasteiger partial charge in [0.05, 0.1) is 18.4 Å². The van der Waals surface area contributed by atoms with Gasteiger partial charge in [-0.15, -0.1) is 0 Å². The minimum absolute atomic E-state index is 1.92. The Morgan fingerprint density at radius 2 is 1.09 bits per heavy atom. The molecule has 0 rings (SSSR count). The molecule has 0 aromatic heterocycles. The first-order valence-corrected chi connectivity index (χ1v) is 6.82. The number of hydrogen-bond acceptors (Lipinski definition) is 2. The minimum atomic E-state index is -5.91. The normalized spacial score (nSPS) is 15.2. The van der Waals surface area contributed by atoms with E-state index in [1.807, 2.05) is 0 Å². The maximum Gasteiger partial charge on any atom is 0.470 e. The lowest BCUT2D eigenvalue weighted by molar-refractivity contribution is -0.222. The van der Waals surface area contributed by atoms with Crippen LogP contribution >= 0.6 is 7.82 Å². The van der Waals surface area contributed by atoms with Gasteiger partial charge in [0.25, 0.3) is 0 Å². The second-order valence-corrected chi connectivity index (χ2v) is 5.63. The van der Waals surface area contributed by atoms with Crippen LogP contribution in [0.15, 0.2) is 0 Å². The van der Waals surface area contributed by atoms with Gasteiger partial charge in [0.2, 0.25) is 0 Å². The Bertz CT molecular complexity index is 391. The molecule has 0 aromatic rings. The third-order valence-corrected chi connectivity index (χ3v) is 2.85. The van der Waals surface area contributed by atoms with Crippen molar-refractivity contribution in [2.24, 2.45) is 0 Å². The molecule has 4 nitrogen and oxygen atoms in total. The van der Waals surface area contributed by atoms with Crippen LogP contribution in [0.5, 0.6) is 0 Å². The van der Waals surface area contributed by atoms with Crippen molar-refractivity contribution in [3.05, 3.63) is 0 Å². The number of hydrogen-bond donors (Lipinski definition) is 2. The zero-order valence-electron chi connectivity index (χ0n) is 10.4. The second kappa shape index (κ2) is 6.54. The van der Waals surface area contributed by atoms with Crippen molar-refractivity contribution in [2.45, 2.75) is 49.8 Å². The van der Waals surface area contributed by atoms with E-state index in [2.05, 4.69) is 4.52 Å². The number of alkyl halides is 9. The molecule has 0 radical (unpaired) electrons. The maximum atomic E-state index is 12.3. The van der Waals surface area contributed by atoms with Gasteiger partial charge in [-0.05, 0) is 6.42 Å². The Hall–Kier alpha value is -0.520. The van der Waals surface area contributed by atoms with Gasteiger partial charge in [0.15, 0.2) is 0 Å². The Kier molecular flexibility index (Phi) is 6.38. The van der Waals surface area contributed by atoms with Crippen LogP contribution in [-0.4, -0.2) is 33.9 Å². The fraction of sp³-hybridized carbons (Fsp3) is 1.00. The van der Waals surface area contributed by atoms with Gasteiger partial charge >= 0.3 is 26.4 Å². The van der Waals surface area contributed by atoms with Crippen LogP contribution in [0.3, 0.4) is 0 Å². The molecule has 0 amide bonds. The first-order valence-electron chi connectivity index (χ1n) is 5.29. The highest BCUT2D eigenvalue weighted by Crippen LogP contribution is 2.51. The van der Waals surface area contributed by atoms with Crippen molar-refractivity contribution >= 4 is 7.82 Å². The van der Waals surface area contributed by atoms with Crippen molar-refractivity contribution in [3.63, 3.8) is 0 Å². The number of phosphoric ester groups is 1. The summed E-state index contributed by atoms with van der Waals surface area (Å²) < 4.78 is 124. The Morgan fingerprint density at radius 1 is 0.727 bits per heavy atom. The van der Waals surface area contributed by atoms with Gasteiger partial charge in [0, 0.05) is 6.42 Å². The molecule has 0 unspecified atom stereocenters. The summed E-state index contributed by atoms with van der Waals surface area (Å²) in [5.74, 6) is 0. The van der Waals surface area contributed by atoms with Crippen LogP contribution < -0.4 is 0 Å². The first-order chi connectivity index (χ1) is 9.33. The molecular weight excluding hydrogens is 362 g/mol. The summed E-state index contributed by atoms with van der Waals surface area (Å²) in [6, 6.07) is 0. The highest BCUT2D eigenvalue weighted by Gasteiger charge is 2.53. The quantitative estimate of drug-likeness (QED) is 0.545. The van der Waals surface area contributed by atoms with Gasteiger partial charge in [-0.3, -0.25) is 4.52 Å². The lowest BCUT2D eigenvalue weighted by Crippen LogP contribution is -2.42. The van der Waals surface area contributed by atoms with E-state index in [9.17, 15) is 44.1 Å². The highest BCUT2D eigenvalue weighted by molar-refractivity contribution is 7.46. The molecule has 0 bridgehead atoms. The summed E-state index contributed by atoms with van der Waals surface area (Å²) >= 11 is 0. The van der Waals surface area contributed by atoms with E-state index in [4.69, 9.17) is 9.79 Å². The number of phosphoric acid groups is 1. The third-order valence-electron chi connectivity index (χ3n) is 2.22. The van der Waals surface area contributed by atoms with Crippen molar-refractivity contribution in [2.75, 3.05) is 0 Å². The molecule has 0 fully saturated rings. The van der Waals surface area contributed by atoms with Gasteiger partial charge in [-0.25, -0.2) is 4.57 Å². The van der Waals surface area contributed by atoms with E-state index in [1.165, 1.54) is 0 Å². The predicted molar refractivity (Wildman–Crippen MR) is 52.5 cm³/mol. The monoisotopic (exact) mass is 372 g/mol. The molecule has 0 aliphatic rings. The number of rotatable bonds is 6. The number of halogens is 9. The summed E-state index contributed by atoms with van der Waals surface area (Å²) in [4.78, 5) is 16.9. The molecule has 0 spiro atoms. The van der Waals surface area contributed by atoms with E-state index in [0.29, 0.717) is 0 Å². The standard InChI is InChI=1S/C8H10F9O4P/c9-6(10,11)2-1-5(3-7(12,13)14,4-8(15,16)17)21-22(18,19)20/h1-4H2,(H2,18,19,20). The molecular formula is C8H10F9O4P. The molecule has 2 N–H and O–H groups in total. The van der Waals surface area contributed by atoms with Gasteiger partial charge in [0.1, 0.15) is 0 Å². The fourth-order valence-electron chi connectivity index (χ4n) is 1.70. The maximum absolute atomic E-state index is 12.3. The molecule has 14 heteroatoms. The molecule has 0 aliphatic carbocycles. The molecule has 134 valence electrons. The summed E-state index contributed by atoms with van der Waals surface area (Å²) in [6.07, 6.45) is -25.3. The van der Waals surface area contributed by atoms with Crippen molar-refractivity contribution in [1.29, 1.82) is 0 Å². The van der Waals surface area contributed by atoms with E-state index in [0.717, 1.165) is 0 Å². The average Bonchev–Trinajstić information content (AvgIpc) is 2.04. The van der Waals surface area contributed by atoms with Crippen LogP contribution in [0.2, 0.25) is 0 Å². The molecule has 0 aliphatic heterocycles. The molecule has 0 aromatic carbocycles. The van der Waals surface area contributed by atoms with Crippen molar-refractivity contribution in [3.8, 4) is 0 Å².